The number of hydrogen-bond acceptors (Lipinski definition) is 4. The van der Waals surface area contributed by atoms with Gasteiger partial charge in [0.1, 0.15) is 0 Å². The Morgan fingerprint density at radius 2 is 1.69 bits per heavy atom. The zero-order chi connectivity index (χ0) is 23.5. The van der Waals surface area contributed by atoms with E-state index in [1.54, 1.807) is 12.1 Å². The fraction of sp³-hybridized carbons (Fsp3) is 0.136. The van der Waals surface area contributed by atoms with Crippen molar-refractivity contribution in [2.45, 2.75) is 13.1 Å². The normalized spacial score (nSPS) is 11.1. The third-order valence-electron chi connectivity index (χ3n) is 4.51. The van der Waals surface area contributed by atoms with E-state index >= 15 is 0 Å². The molecule has 2 aromatic carbocycles. The Kier molecular flexibility index (Phi) is 6.69. The van der Waals surface area contributed by atoms with Gasteiger partial charge in [-0.05, 0) is 42.8 Å². The molecule has 0 bridgehead atoms. The first kappa shape index (κ1) is 23.1. The van der Waals surface area contributed by atoms with Gasteiger partial charge in [-0.1, -0.05) is 29.8 Å². The number of para-hydroxylation sites is 1. The van der Waals surface area contributed by atoms with Gasteiger partial charge in [0.05, 0.1) is 16.8 Å². The van der Waals surface area contributed by atoms with Crippen LogP contribution in [-0.2, 0) is 6.18 Å². The molecule has 6 nitrogen and oxygen atoms in total. The Bertz CT molecular complexity index is 1180. The van der Waals surface area contributed by atoms with Crippen molar-refractivity contribution in [3.63, 3.8) is 0 Å². The summed E-state index contributed by atoms with van der Waals surface area (Å²) in [5.41, 5.74) is 0.507. The van der Waals surface area contributed by atoms with Crippen LogP contribution in [0.2, 0.25) is 5.02 Å². The number of nitrogens with zero attached hydrogens (tertiary/aromatic N) is 1. The van der Waals surface area contributed by atoms with E-state index in [9.17, 15) is 22.8 Å². The maximum absolute atomic E-state index is 13.1. The molecule has 1 aromatic heterocycles. The second-order valence-electron chi connectivity index (χ2n) is 6.82. The van der Waals surface area contributed by atoms with Crippen molar-refractivity contribution in [3.05, 3.63) is 82.0 Å². The first-order valence-electron chi connectivity index (χ1n) is 9.32. The lowest BCUT2D eigenvalue weighted by atomic mass is 10.1. The monoisotopic (exact) mass is 462 g/mol. The second-order valence-corrected chi connectivity index (χ2v) is 7.26. The van der Waals surface area contributed by atoms with Crippen molar-refractivity contribution >= 4 is 40.6 Å². The van der Waals surface area contributed by atoms with Crippen molar-refractivity contribution in [3.8, 4) is 0 Å². The number of alkyl halides is 3. The van der Waals surface area contributed by atoms with E-state index in [4.69, 9.17) is 11.6 Å². The Balaban J connectivity index is 2.00. The largest absolute Gasteiger partial charge is 0.416 e. The van der Waals surface area contributed by atoms with Gasteiger partial charge >= 0.3 is 6.18 Å². The van der Waals surface area contributed by atoms with Gasteiger partial charge in [-0.15, -0.1) is 0 Å². The lowest BCUT2D eigenvalue weighted by Gasteiger charge is -2.15. The molecule has 0 aliphatic heterocycles. The van der Waals surface area contributed by atoms with Crippen molar-refractivity contribution in [1.29, 1.82) is 0 Å². The summed E-state index contributed by atoms with van der Waals surface area (Å²) in [4.78, 5) is 29.0. The zero-order valence-corrected chi connectivity index (χ0v) is 17.7. The van der Waals surface area contributed by atoms with Crippen LogP contribution >= 0.6 is 11.6 Å². The van der Waals surface area contributed by atoms with Gasteiger partial charge in [-0.25, -0.2) is 4.98 Å². The van der Waals surface area contributed by atoms with Gasteiger partial charge in [-0.2, -0.15) is 13.2 Å². The minimum atomic E-state index is -4.67. The molecule has 3 aromatic rings. The third-order valence-corrected chi connectivity index (χ3v) is 4.73. The molecule has 0 saturated heterocycles. The van der Waals surface area contributed by atoms with Crippen LogP contribution in [-0.4, -0.2) is 23.8 Å². The summed E-state index contributed by atoms with van der Waals surface area (Å²) in [5.74, 6) is -1.09. The van der Waals surface area contributed by atoms with Crippen LogP contribution in [0.3, 0.4) is 0 Å². The van der Waals surface area contributed by atoms with Gasteiger partial charge in [0.2, 0.25) is 0 Å². The Hall–Kier alpha value is -3.59. The number of aryl methyl sites for hydroxylation is 1. The van der Waals surface area contributed by atoms with Gasteiger partial charge in [-0.3, -0.25) is 9.59 Å². The fourth-order valence-corrected chi connectivity index (χ4v) is 3.08. The van der Waals surface area contributed by atoms with E-state index in [2.05, 4.69) is 20.9 Å². The molecule has 0 aliphatic carbocycles. The van der Waals surface area contributed by atoms with E-state index in [1.165, 1.54) is 19.3 Å². The maximum atomic E-state index is 13.1. The fourth-order valence-electron chi connectivity index (χ4n) is 2.85. The predicted octanol–water partition coefficient (Wildman–Crippen LogP) is 5.42. The van der Waals surface area contributed by atoms with E-state index in [0.29, 0.717) is 11.8 Å². The molecule has 0 aliphatic rings. The molecule has 1 heterocycles. The summed E-state index contributed by atoms with van der Waals surface area (Å²) in [7, 11) is 1.44. The number of halogens is 4. The highest BCUT2D eigenvalue weighted by molar-refractivity contribution is 6.31. The number of hydrogen-bond donors (Lipinski definition) is 3. The minimum Gasteiger partial charge on any atom is -0.355 e. The van der Waals surface area contributed by atoms with Crippen LogP contribution in [0.5, 0.6) is 0 Å². The van der Waals surface area contributed by atoms with Crippen molar-refractivity contribution in [2.75, 3.05) is 17.7 Å². The molecular formula is C22H18ClF3N4O2. The molecule has 32 heavy (non-hydrogen) atoms. The van der Waals surface area contributed by atoms with Crippen molar-refractivity contribution < 1.29 is 22.8 Å². The number of benzene rings is 2. The smallest absolute Gasteiger partial charge is 0.355 e. The number of carbonyl (C=O) groups is 2. The highest BCUT2D eigenvalue weighted by atomic mass is 35.5. The van der Waals surface area contributed by atoms with Crippen LogP contribution in [0.25, 0.3) is 0 Å². The van der Waals surface area contributed by atoms with E-state index in [-0.39, 0.29) is 27.7 Å². The van der Waals surface area contributed by atoms with Gasteiger partial charge in [0, 0.05) is 29.5 Å². The number of anilines is 3. The maximum Gasteiger partial charge on any atom is 0.416 e. The summed E-state index contributed by atoms with van der Waals surface area (Å²) in [6.45, 7) is 1.87. The van der Waals surface area contributed by atoms with Crippen LogP contribution < -0.4 is 16.0 Å². The van der Waals surface area contributed by atoms with Crippen LogP contribution in [0.15, 0.2) is 54.7 Å². The molecule has 0 fully saturated rings. The van der Waals surface area contributed by atoms with Gasteiger partial charge in [0.25, 0.3) is 11.8 Å². The molecule has 3 N–H and O–H groups in total. The average Bonchev–Trinajstić information content (AvgIpc) is 2.74. The molecule has 3 rings (SSSR count). The standard InChI is InChI=1S/C22H18ClF3N4O2/c1-12-5-3-4-6-17(12)29-19-18(9-14(11-28-19)20(31)27-2)30-21(32)13-7-15(22(24,25)26)10-16(23)8-13/h3-11H,1-2H3,(H,27,31)(H,28,29)(H,30,32). The molecule has 0 spiro atoms. The van der Waals surface area contributed by atoms with Crippen LogP contribution in [0, 0.1) is 6.92 Å². The molecule has 2 amide bonds. The highest BCUT2D eigenvalue weighted by Gasteiger charge is 2.31. The number of rotatable bonds is 5. The van der Waals surface area contributed by atoms with Gasteiger partial charge < -0.3 is 16.0 Å². The van der Waals surface area contributed by atoms with Crippen molar-refractivity contribution in [1.82, 2.24) is 10.3 Å². The zero-order valence-electron chi connectivity index (χ0n) is 17.0. The first-order chi connectivity index (χ1) is 15.1. The summed E-state index contributed by atoms with van der Waals surface area (Å²) in [5, 5.41) is 7.80. The molecule has 0 saturated carbocycles. The first-order valence-corrected chi connectivity index (χ1v) is 9.70. The number of amides is 2. The summed E-state index contributed by atoms with van der Waals surface area (Å²) in [6.07, 6.45) is -3.35. The molecule has 0 radical (unpaired) electrons. The molecular weight excluding hydrogens is 445 g/mol. The molecule has 0 atom stereocenters. The average molecular weight is 463 g/mol. The van der Waals surface area contributed by atoms with E-state index in [0.717, 1.165) is 17.7 Å². The summed E-state index contributed by atoms with van der Waals surface area (Å²) < 4.78 is 39.3. The van der Waals surface area contributed by atoms with Crippen molar-refractivity contribution in [2.24, 2.45) is 0 Å². The Morgan fingerprint density at radius 1 is 0.969 bits per heavy atom. The quantitative estimate of drug-likeness (QED) is 0.473. The number of carbonyl (C=O) groups excluding carboxylic acids is 2. The van der Waals surface area contributed by atoms with E-state index in [1.807, 2.05) is 19.1 Å². The molecule has 0 unspecified atom stereocenters. The van der Waals surface area contributed by atoms with E-state index < -0.39 is 23.6 Å². The van der Waals surface area contributed by atoms with Gasteiger partial charge in [0.15, 0.2) is 5.82 Å². The number of pyridine rings is 1. The highest BCUT2D eigenvalue weighted by Crippen LogP contribution is 2.32. The lowest BCUT2D eigenvalue weighted by Crippen LogP contribution is -2.20. The third kappa shape index (κ3) is 5.36. The molecule has 166 valence electrons. The second kappa shape index (κ2) is 9.27. The SMILES string of the molecule is CNC(=O)c1cnc(Nc2ccccc2C)c(NC(=O)c2cc(Cl)cc(C(F)(F)F)c2)c1. The summed E-state index contributed by atoms with van der Waals surface area (Å²) >= 11 is 5.79. The minimum absolute atomic E-state index is 0.105. The van der Waals surface area contributed by atoms with Crippen LogP contribution in [0.4, 0.5) is 30.4 Å². The predicted molar refractivity (Wildman–Crippen MR) is 116 cm³/mol. The summed E-state index contributed by atoms with van der Waals surface area (Å²) in [6, 6.07) is 11.2. The lowest BCUT2D eigenvalue weighted by molar-refractivity contribution is -0.137. The Morgan fingerprint density at radius 3 is 2.34 bits per heavy atom. The molecule has 10 heteroatoms. The Labute approximate surface area is 186 Å². The number of nitrogens with one attached hydrogen (secondary N) is 3. The number of aromatic nitrogens is 1. The van der Waals surface area contributed by atoms with Crippen LogP contribution in [0.1, 0.15) is 31.8 Å². The topological polar surface area (TPSA) is 83.1 Å².